The molecule has 0 amide bonds. The van der Waals surface area contributed by atoms with Gasteiger partial charge in [-0.05, 0) is 85.7 Å². The van der Waals surface area contributed by atoms with Gasteiger partial charge in [0.15, 0.2) is 0 Å². The Morgan fingerprint density at radius 3 is 2.09 bits per heavy atom. The van der Waals surface area contributed by atoms with Gasteiger partial charge in [0.25, 0.3) is 0 Å². The zero-order valence-corrected chi connectivity index (χ0v) is 29.2. The molecule has 0 N–H and O–H groups in total. The third-order valence-electron chi connectivity index (χ3n) is 9.34. The van der Waals surface area contributed by atoms with E-state index in [1.807, 2.05) is 6.20 Å². The maximum Gasteiger partial charge on any atom is 0.137 e. The summed E-state index contributed by atoms with van der Waals surface area (Å²) in [6.07, 6.45) is 1.93. The summed E-state index contributed by atoms with van der Waals surface area (Å²) in [6.45, 7) is 21.1. The van der Waals surface area contributed by atoms with Crippen LogP contribution in [0.3, 0.4) is 0 Å². The van der Waals surface area contributed by atoms with Crippen molar-refractivity contribution in [3.05, 3.63) is 114 Å². The van der Waals surface area contributed by atoms with Crippen LogP contribution in [-0.4, -0.2) is 21.8 Å². The van der Waals surface area contributed by atoms with E-state index in [0.29, 0.717) is 0 Å². The van der Waals surface area contributed by atoms with Gasteiger partial charge >= 0.3 is 0 Å². The van der Waals surface area contributed by atoms with Crippen molar-refractivity contribution in [2.24, 2.45) is 0 Å². The quantitative estimate of drug-likeness (QED) is 0.196. The molecule has 0 unspecified atom stereocenters. The molecule has 0 spiro atoms. The molecule has 6 aromatic rings. The average molecular weight is 623 g/mol. The smallest absolute Gasteiger partial charge is 0.137 e. The summed E-state index contributed by atoms with van der Waals surface area (Å²) in [5.41, 5.74) is 8.07. The molecule has 1 aliphatic rings. The molecule has 240 valence electrons. The average Bonchev–Trinajstić information content (AvgIpc) is 3.56. The predicted molar refractivity (Wildman–Crippen MR) is 198 cm³/mol. The Hall–Kier alpha value is -4.77. The summed E-state index contributed by atoms with van der Waals surface area (Å²) < 4.78 is 9.21. The minimum atomic E-state index is -0.143. The van der Waals surface area contributed by atoms with Gasteiger partial charge in [0.05, 0.1) is 29.1 Å². The number of pyridine rings is 1. The molecule has 7 rings (SSSR count). The molecule has 0 fully saturated rings. The number of ether oxygens (including phenoxy) is 1. The molecule has 0 saturated heterocycles. The van der Waals surface area contributed by atoms with Gasteiger partial charge in [-0.3, -0.25) is 4.57 Å². The van der Waals surface area contributed by atoms with Crippen molar-refractivity contribution in [2.45, 2.75) is 78.7 Å². The van der Waals surface area contributed by atoms with Crippen molar-refractivity contribution in [1.29, 1.82) is 0 Å². The molecule has 0 radical (unpaired) electrons. The van der Waals surface area contributed by atoms with Crippen LogP contribution in [-0.2, 0) is 10.8 Å². The molecular weight excluding hydrogens is 576 g/mol. The third kappa shape index (κ3) is 5.52. The molecule has 0 saturated carbocycles. The lowest BCUT2D eigenvalue weighted by Crippen LogP contribution is -2.42. The molecule has 0 aliphatic carbocycles. The molecule has 5 nitrogen and oxygen atoms in total. The molecule has 0 bridgehead atoms. The van der Waals surface area contributed by atoms with Crippen LogP contribution >= 0.6 is 0 Å². The number of para-hydroxylation sites is 3. The summed E-state index contributed by atoms with van der Waals surface area (Å²) in [4.78, 5) is 9.73. The Balaban J connectivity index is 1.36. The molecular formula is C42H46N4O. The molecule has 3 heterocycles. The second-order valence-corrected chi connectivity index (χ2v) is 15.9. The number of fused-ring (bicyclic) bond motifs is 4. The van der Waals surface area contributed by atoms with E-state index in [9.17, 15) is 0 Å². The summed E-state index contributed by atoms with van der Waals surface area (Å²) in [7, 11) is 0. The Morgan fingerprint density at radius 1 is 0.638 bits per heavy atom. The van der Waals surface area contributed by atoms with E-state index in [-0.39, 0.29) is 16.4 Å². The van der Waals surface area contributed by atoms with Crippen LogP contribution in [0.1, 0.15) is 73.4 Å². The normalized spacial score (nSPS) is 13.9. The Morgan fingerprint density at radius 2 is 1.36 bits per heavy atom. The van der Waals surface area contributed by atoms with Crippen molar-refractivity contribution in [2.75, 3.05) is 16.5 Å². The minimum absolute atomic E-state index is 0.00427. The number of anilines is 3. The summed E-state index contributed by atoms with van der Waals surface area (Å²) >= 11 is 0. The van der Waals surface area contributed by atoms with E-state index >= 15 is 0 Å². The van der Waals surface area contributed by atoms with E-state index in [1.165, 1.54) is 33.3 Å². The van der Waals surface area contributed by atoms with Gasteiger partial charge in [0.1, 0.15) is 17.3 Å². The Labute approximate surface area is 279 Å². The van der Waals surface area contributed by atoms with Gasteiger partial charge in [-0.2, -0.15) is 0 Å². The second-order valence-electron chi connectivity index (χ2n) is 15.9. The zero-order valence-electron chi connectivity index (χ0n) is 29.2. The Kier molecular flexibility index (Phi) is 7.16. The fourth-order valence-electron chi connectivity index (χ4n) is 6.77. The summed E-state index contributed by atoms with van der Waals surface area (Å²) in [5.74, 6) is 2.59. The van der Waals surface area contributed by atoms with Gasteiger partial charge in [-0.15, -0.1) is 0 Å². The maximum absolute atomic E-state index is 6.92. The van der Waals surface area contributed by atoms with Gasteiger partial charge in [-0.25, -0.2) is 4.98 Å². The van der Waals surface area contributed by atoms with Crippen molar-refractivity contribution < 1.29 is 4.74 Å². The van der Waals surface area contributed by atoms with E-state index in [4.69, 9.17) is 9.72 Å². The van der Waals surface area contributed by atoms with Crippen LogP contribution in [0.5, 0.6) is 11.5 Å². The largest absolute Gasteiger partial charge is 0.457 e. The first-order chi connectivity index (χ1) is 22.2. The predicted octanol–water partition coefficient (Wildman–Crippen LogP) is 11.3. The van der Waals surface area contributed by atoms with E-state index in [0.717, 1.165) is 40.7 Å². The van der Waals surface area contributed by atoms with Gasteiger partial charge < -0.3 is 14.5 Å². The van der Waals surface area contributed by atoms with Crippen molar-refractivity contribution in [1.82, 2.24) is 9.55 Å². The number of hydrogen-bond donors (Lipinski definition) is 0. The van der Waals surface area contributed by atoms with Gasteiger partial charge in [-0.1, -0.05) is 77.9 Å². The van der Waals surface area contributed by atoms with Crippen LogP contribution in [0.2, 0.25) is 0 Å². The summed E-state index contributed by atoms with van der Waals surface area (Å²) in [6, 6.07) is 34.7. The molecule has 4 aromatic carbocycles. The first kappa shape index (κ1) is 30.9. The van der Waals surface area contributed by atoms with Crippen molar-refractivity contribution in [3.63, 3.8) is 0 Å². The van der Waals surface area contributed by atoms with Crippen molar-refractivity contribution >= 4 is 38.9 Å². The topological polar surface area (TPSA) is 33.5 Å². The van der Waals surface area contributed by atoms with Crippen LogP contribution < -0.4 is 14.5 Å². The molecule has 47 heavy (non-hydrogen) atoms. The van der Waals surface area contributed by atoms with E-state index in [2.05, 4.69) is 174 Å². The highest BCUT2D eigenvalue weighted by Gasteiger charge is 2.33. The first-order valence-electron chi connectivity index (χ1n) is 16.7. The second kappa shape index (κ2) is 10.9. The summed E-state index contributed by atoms with van der Waals surface area (Å²) in [5, 5.41) is 2.41. The van der Waals surface area contributed by atoms with Gasteiger partial charge in [0, 0.05) is 45.9 Å². The fraction of sp³-hybridized carbons (Fsp3) is 0.310. The number of benzene rings is 4. The van der Waals surface area contributed by atoms with Crippen LogP contribution in [0.4, 0.5) is 17.1 Å². The lowest BCUT2D eigenvalue weighted by Gasteiger charge is -2.34. The van der Waals surface area contributed by atoms with E-state index < -0.39 is 0 Å². The minimum Gasteiger partial charge on any atom is -0.457 e. The highest BCUT2D eigenvalue weighted by molar-refractivity contribution is 6.10. The van der Waals surface area contributed by atoms with Crippen LogP contribution in [0.25, 0.3) is 27.6 Å². The lowest BCUT2D eigenvalue weighted by molar-refractivity contribution is 0.456. The van der Waals surface area contributed by atoms with Crippen LogP contribution in [0, 0.1) is 0 Å². The molecule has 2 aromatic heterocycles. The molecule has 5 heteroatoms. The molecule has 1 aliphatic heterocycles. The standard InChI is InChI=1S/C42H46N4O/c1-40(2,3)28-21-22-43-39(23-28)46-34-18-11-10-17-31(34)32-25-33(41(4,5)6)38(26-37(32)46)47-30-16-14-15-29(24-30)44-27-45(42(7,8)9)36-20-13-12-19-35(36)44/h10-26H,27H2,1-9H3. The third-order valence-corrected chi connectivity index (χ3v) is 9.34. The van der Waals surface area contributed by atoms with Crippen LogP contribution in [0.15, 0.2) is 103 Å². The van der Waals surface area contributed by atoms with Crippen molar-refractivity contribution in [3.8, 4) is 17.3 Å². The first-order valence-corrected chi connectivity index (χ1v) is 16.7. The Bertz CT molecular complexity index is 2120. The molecule has 0 atom stereocenters. The number of hydrogen-bond acceptors (Lipinski definition) is 4. The highest BCUT2D eigenvalue weighted by atomic mass is 16.5. The van der Waals surface area contributed by atoms with Gasteiger partial charge in [0.2, 0.25) is 0 Å². The lowest BCUT2D eigenvalue weighted by atomic mass is 9.85. The maximum atomic E-state index is 6.92. The zero-order chi connectivity index (χ0) is 33.3. The monoisotopic (exact) mass is 622 g/mol. The fourth-order valence-corrected chi connectivity index (χ4v) is 6.77. The van der Waals surface area contributed by atoms with E-state index in [1.54, 1.807) is 0 Å². The number of aromatic nitrogens is 2. The SMILES string of the molecule is CC(C)(C)c1ccnc(-n2c3ccccc3c3cc(C(C)(C)C)c(Oc4cccc(N5CN(C(C)(C)C)c6ccccc65)c4)cc32)c1. The highest BCUT2D eigenvalue weighted by Crippen LogP contribution is 2.45. The number of nitrogens with zero attached hydrogens (tertiary/aromatic N) is 4. The number of rotatable bonds is 4.